The van der Waals surface area contributed by atoms with Crippen LogP contribution in [0.3, 0.4) is 0 Å². The minimum absolute atomic E-state index is 0.248. The Morgan fingerprint density at radius 2 is 2.12 bits per heavy atom. The van der Waals surface area contributed by atoms with Crippen LogP contribution < -0.4 is 0 Å². The molecular formula is C13H25NOS. The minimum Gasteiger partial charge on any atom is -0.499 e. The van der Waals surface area contributed by atoms with E-state index in [9.17, 15) is 0 Å². The van der Waals surface area contributed by atoms with Gasteiger partial charge in [0.25, 0.3) is 0 Å². The fourth-order valence-corrected chi connectivity index (χ4v) is 3.00. The number of ether oxygens (including phenoxy) is 1. The Labute approximate surface area is 105 Å². The molecule has 0 aromatic heterocycles. The summed E-state index contributed by atoms with van der Waals surface area (Å²) in [6, 6.07) is 0.532. The fraction of sp³-hybridized carbons (Fsp3) is 0.846. The molecule has 0 saturated carbocycles. The van der Waals surface area contributed by atoms with E-state index in [4.69, 9.17) is 4.74 Å². The van der Waals surface area contributed by atoms with Crippen molar-refractivity contribution < 1.29 is 4.74 Å². The predicted octanol–water partition coefficient (Wildman–Crippen LogP) is 2.95. The number of hydrogen-bond donors (Lipinski definition) is 1. The molecule has 1 heterocycles. The summed E-state index contributed by atoms with van der Waals surface area (Å²) in [5.41, 5.74) is 0. The van der Waals surface area contributed by atoms with Gasteiger partial charge in [-0.1, -0.05) is 6.92 Å². The normalized spacial score (nSPS) is 29.9. The van der Waals surface area contributed by atoms with Crippen molar-refractivity contribution in [3.05, 3.63) is 12.3 Å². The van der Waals surface area contributed by atoms with Gasteiger partial charge >= 0.3 is 0 Å². The van der Waals surface area contributed by atoms with Crippen molar-refractivity contribution in [2.45, 2.75) is 51.0 Å². The van der Waals surface area contributed by atoms with Crippen molar-refractivity contribution in [2.24, 2.45) is 5.92 Å². The average molecular weight is 243 g/mol. The van der Waals surface area contributed by atoms with E-state index in [2.05, 4.69) is 37.6 Å². The lowest BCUT2D eigenvalue weighted by Gasteiger charge is -2.39. The van der Waals surface area contributed by atoms with Gasteiger partial charge in [0.2, 0.25) is 0 Å². The van der Waals surface area contributed by atoms with Crippen LogP contribution in [0.25, 0.3) is 0 Å². The van der Waals surface area contributed by atoms with Gasteiger partial charge in [-0.05, 0) is 52.3 Å². The first-order chi connectivity index (χ1) is 7.52. The molecule has 94 valence electrons. The zero-order chi connectivity index (χ0) is 12.1. The number of hydrogen-bond acceptors (Lipinski definition) is 3. The Kier molecular flexibility index (Phi) is 5.70. The van der Waals surface area contributed by atoms with Gasteiger partial charge in [-0.3, -0.25) is 0 Å². The van der Waals surface area contributed by atoms with Crippen molar-refractivity contribution in [3.8, 4) is 0 Å². The topological polar surface area (TPSA) is 12.5 Å². The summed E-state index contributed by atoms with van der Waals surface area (Å²) in [5, 5.41) is 0.263. The summed E-state index contributed by atoms with van der Waals surface area (Å²) in [6.45, 7) is 7.58. The molecule has 1 fully saturated rings. The van der Waals surface area contributed by atoms with E-state index in [-0.39, 0.29) is 11.4 Å². The summed E-state index contributed by atoms with van der Waals surface area (Å²) < 4.78 is 5.43. The molecule has 0 bridgehead atoms. The highest BCUT2D eigenvalue weighted by atomic mass is 32.1. The first kappa shape index (κ1) is 13.9. The fourth-order valence-electron chi connectivity index (χ4n) is 2.41. The second kappa shape index (κ2) is 6.55. The third-order valence-corrected chi connectivity index (χ3v) is 3.72. The molecule has 0 amide bonds. The molecule has 3 heteroatoms. The van der Waals surface area contributed by atoms with Gasteiger partial charge < -0.3 is 9.64 Å². The Bertz CT molecular complexity index is 220. The average Bonchev–Trinajstić information content (AvgIpc) is 2.16. The van der Waals surface area contributed by atoms with Crippen molar-refractivity contribution in [1.29, 1.82) is 0 Å². The standard InChI is InChI=1S/C13H25NOS/c1-10(2)15-9-7-12(16)13-11(3)6-5-8-14(13)4/h7,9-13,16H,5-6,8H2,1-4H3/b9-7+. The molecular weight excluding hydrogens is 218 g/mol. The monoisotopic (exact) mass is 243 g/mol. The SMILES string of the molecule is CC(C)O/C=C/C(S)C1C(C)CCCN1C. The molecule has 16 heavy (non-hydrogen) atoms. The van der Waals surface area contributed by atoms with E-state index in [0.29, 0.717) is 12.0 Å². The molecule has 0 radical (unpaired) electrons. The molecule has 1 saturated heterocycles. The van der Waals surface area contributed by atoms with Crippen LogP contribution in [0.4, 0.5) is 0 Å². The lowest BCUT2D eigenvalue weighted by molar-refractivity contribution is 0.134. The number of nitrogens with zero attached hydrogens (tertiary/aromatic N) is 1. The largest absolute Gasteiger partial charge is 0.499 e. The van der Waals surface area contributed by atoms with Gasteiger partial charge in [0, 0.05) is 11.3 Å². The number of likely N-dealkylation sites (tertiary alicyclic amines) is 1. The van der Waals surface area contributed by atoms with E-state index in [0.717, 1.165) is 0 Å². The van der Waals surface area contributed by atoms with Crippen LogP contribution in [0, 0.1) is 5.92 Å². The molecule has 3 atom stereocenters. The summed E-state index contributed by atoms with van der Waals surface area (Å²) in [4.78, 5) is 2.42. The third kappa shape index (κ3) is 4.02. The zero-order valence-corrected chi connectivity index (χ0v) is 11.8. The smallest absolute Gasteiger partial charge is 0.0922 e. The second-order valence-corrected chi connectivity index (χ2v) is 5.69. The van der Waals surface area contributed by atoms with Crippen molar-refractivity contribution in [3.63, 3.8) is 0 Å². The van der Waals surface area contributed by atoms with Crippen LogP contribution in [-0.2, 0) is 4.74 Å². The minimum atomic E-state index is 0.248. The summed E-state index contributed by atoms with van der Waals surface area (Å²) >= 11 is 4.69. The lowest BCUT2D eigenvalue weighted by atomic mass is 9.89. The number of piperidine rings is 1. The Balaban J connectivity index is 2.50. The van der Waals surface area contributed by atoms with Gasteiger partial charge in [-0.2, -0.15) is 12.6 Å². The van der Waals surface area contributed by atoms with Crippen molar-refractivity contribution in [2.75, 3.05) is 13.6 Å². The number of rotatable bonds is 4. The van der Waals surface area contributed by atoms with Crippen molar-refractivity contribution >= 4 is 12.6 Å². The Hall–Kier alpha value is -0.150. The van der Waals surface area contributed by atoms with E-state index < -0.39 is 0 Å². The quantitative estimate of drug-likeness (QED) is 0.602. The van der Waals surface area contributed by atoms with Crippen molar-refractivity contribution in [1.82, 2.24) is 4.90 Å². The van der Waals surface area contributed by atoms with E-state index in [1.165, 1.54) is 19.4 Å². The molecule has 1 aliphatic heterocycles. The third-order valence-electron chi connectivity index (χ3n) is 3.24. The maximum absolute atomic E-state index is 5.43. The predicted molar refractivity (Wildman–Crippen MR) is 73.0 cm³/mol. The highest BCUT2D eigenvalue weighted by Crippen LogP contribution is 2.27. The molecule has 0 aliphatic carbocycles. The zero-order valence-electron chi connectivity index (χ0n) is 10.9. The molecule has 3 unspecified atom stereocenters. The Morgan fingerprint density at radius 1 is 1.44 bits per heavy atom. The summed E-state index contributed by atoms with van der Waals surface area (Å²) in [7, 11) is 2.20. The van der Waals surface area contributed by atoms with Crippen LogP contribution in [0.15, 0.2) is 12.3 Å². The van der Waals surface area contributed by atoms with E-state index in [1.54, 1.807) is 6.26 Å². The van der Waals surface area contributed by atoms with Gasteiger partial charge in [0.1, 0.15) is 0 Å². The van der Waals surface area contributed by atoms with Crippen LogP contribution >= 0.6 is 12.6 Å². The highest BCUT2D eigenvalue weighted by Gasteiger charge is 2.29. The second-order valence-electron chi connectivity index (χ2n) is 5.09. The van der Waals surface area contributed by atoms with E-state index >= 15 is 0 Å². The molecule has 1 aliphatic rings. The lowest BCUT2D eigenvalue weighted by Crippen LogP contribution is -2.46. The van der Waals surface area contributed by atoms with Gasteiger partial charge in [0.05, 0.1) is 12.4 Å². The molecule has 0 N–H and O–H groups in total. The summed E-state index contributed by atoms with van der Waals surface area (Å²) in [6.07, 6.45) is 6.74. The Morgan fingerprint density at radius 3 is 2.69 bits per heavy atom. The highest BCUT2D eigenvalue weighted by molar-refractivity contribution is 7.81. The molecule has 0 aromatic carbocycles. The first-order valence-corrected chi connectivity index (χ1v) is 6.74. The van der Waals surface area contributed by atoms with Gasteiger partial charge in [-0.25, -0.2) is 0 Å². The van der Waals surface area contributed by atoms with Crippen LogP contribution in [0.5, 0.6) is 0 Å². The number of thiol groups is 1. The van der Waals surface area contributed by atoms with Crippen LogP contribution in [0.2, 0.25) is 0 Å². The summed E-state index contributed by atoms with van der Waals surface area (Å²) in [5.74, 6) is 0.713. The molecule has 0 spiro atoms. The van der Waals surface area contributed by atoms with E-state index in [1.807, 2.05) is 13.8 Å². The van der Waals surface area contributed by atoms with Gasteiger partial charge in [0.15, 0.2) is 0 Å². The van der Waals surface area contributed by atoms with Crippen LogP contribution in [0.1, 0.15) is 33.6 Å². The van der Waals surface area contributed by atoms with Gasteiger partial charge in [-0.15, -0.1) is 0 Å². The maximum atomic E-state index is 5.43. The first-order valence-electron chi connectivity index (χ1n) is 6.22. The molecule has 2 nitrogen and oxygen atoms in total. The molecule has 0 aromatic rings. The maximum Gasteiger partial charge on any atom is 0.0922 e. The molecule has 1 rings (SSSR count). The van der Waals surface area contributed by atoms with Crippen LogP contribution in [-0.4, -0.2) is 35.9 Å².